The van der Waals surface area contributed by atoms with Crippen molar-refractivity contribution in [2.75, 3.05) is 39.5 Å². The maximum atomic E-state index is 13.9. The van der Waals surface area contributed by atoms with Crippen LogP contribution in [-0.2, 0) is 13.8 Å². The molecule has 240 valence electrons. The number of aromatic nitrogens is 4. The summed E-state index contributed by atoms with van der Waals surface area (Å²) in [7, 11) is 0.695. The van der Waals surface area contributed by atoms with Crippen LogP contribution in [0, 0.1) is 0 Å². The van der Waals surface area contributed by atoms with Gasteiger partial charge in [-0.25, -0.2) is 19.6 Å². The second-order valence-corrected chi connectivity index (χ2v) is 15.3. The molecule has 3 rings (SSSR count). The summed E-state index contributed by atoms with van der Waals surface area (Å²) in [5.74, 6) is 0.365. The van der Waals surface area contributed by atoms with Gasteiger partial charge < -0.3 is 15.0 Å². The molecule has 1 aliphatic rings. The lowest BCUT2D eigenvalue weighted by Crippen LogP contribution is -2.51. The molecule has 11 heteroatoms. The fourth-order valence-electron chi connectivity index (χ4n) is 6.00. The zero-order valence-electron chi connectivity index (χ0n) is 27.2. The number of nitrogens with two attached hydrogens (primary N) is 1. The molecule has 0 amide bonds. The minimum absolute atomic E-state index is 0.0563. The minimum atomic E-state index is -3.00. The van der Waals surface area contributed by atoms with Crippen LogP contribution in [0.25, 0.3) is 11.2 Å². The van der Waals surface area contributed by atoms with Gasteiger partial charge in [0.2, 0.25) is 0 Å². The average Bonchev–Trinajstić information content (AvgIpc) is 3.43. The van der Waals surface area contributed by atoms with Crippen LogP contribution in [0.15, 0.2) is 12.7 Å². The largest absolute Gasteiger partial charge is 0.382 e. The second kappa shape index (κ2) is 17.6. The summed E-state index contributed by atoms with van der Waals surface area (Å²) < 4.78 is 30.6. The number of hydrogen-bond donors (Lipinski definition) is 1. The highest BCUT2D eigenvalue weighted by Gasteiger charge is 2.37. The molecule has 2 N–H and O–H groups in total. The van der Waals surface area contributed by atoms with Gasteiger partial charge in [0, 0.05) is 24.8 Å². The fraction of sp³-hybridized carbons (Fsp3) is 0.839. The summed E-state index contributed by atoms with van der Waals surface area (Å²) in [6.45, 7) is 10.4. The molecule has 1 fully saturated rings. The Balaban J connectivity index is 1.84. The Morgan fingerprint density at radius 1 is 1.00 bits per heavy atom. The highest BCUT2D eigenvalue weighted by molar-refractivity contribution is 7.57. The van der Waals surface area contributed by atoms with Crippen LogP contribution in [0.3, 0.4) is 0 Å². The SMILES string of the molecule is CCCCCCCC(CCCCCCC)N1C[C@@H](COP(=O)(C(C)CC)N(C)C)O[C@@H](n2cnc3c(N)ncnc32)C1. The van der Waals surface area contributed by atoms with Gasteiger partial charge in [0.25, 0.3) is 7.52 Å². The van der Waals surface area contributed by atoms with Crippen molar-refractivity contribution < 1.29 is 13.8 Å². The van der Waals surface area contributed by atoms with Crippen molar-refractivity contribution in [3.8, 4) is 0 Å². The van der Waals surface area contributed by atoms with E-state index in [1.165, 1.54) is 83.4 Å². The van der Waals surface area contributed by atoms with Crippen LogP contribution in [0.4, 0.5) is 5.82 Å². The van der Waals surface area contributed by atoms with E-state index in [2.05, 4.69) is 40.6 Å². The Morgan fingerprint density at radius 3 is 2.24 bits per heavy atom. The van der Waals surface area contributed by atoms with Crippen LogP contribution >= 0.6 is 7.52 Å². The molecule has 2 aromatic heterocycles. The normalized spacial score (nSPS) is 20.5. The Kier molecular flexibility index (Phi) is 14.7. The molecule has 0 saturated carbocycles. The van der Waals surface area contributed by atoms with Crippen molar-refractivity contribution in [3.63, 3.8) is 0 Å². The van der Waals surface area contributed by atoms with Gasteiger partial charge in [-0.2, -0.15) is 0 Å². The summed E-state index contributed by atoms with van der Waals surface area (Å²) in [5, 5.41) is 0. The van der Waals surface area contributed by atoms with Crippen LogP contribution < -0.4 is 5.73 Å². The Hall–Kier alpha value is -1.58. The van der Waals surface area contributed by atoms with Gasteiger partial charge in [-0.15, -0.1) is 0 Å². The molecule has 42 heavy (non-hydrogen) atoms. The monoisotopic (exact) mass is 607 g/mol. The number of unbranched alkanes of at least 4 members (excludes halogenated alkanes) is 8. The average molecular weight is 608 g/mol. The summed E-state index contributed by atoms with van der Waals surface area (Å²) in [6, 6.07) is 0.465. The molecular weight excluding hydrogens is 549 g/mol. The van der Waals surface area contributed by atoms with Crippen molar-refractivity contribution >= 4 is 24.5 Å². The standard InChI is InChI=1S/C31H58N7O3P/c1-7-10-12-14-16-18-26(19-17-15-13-11-8-2)37-20-27(22-40-42(39,36(5)6)25(4)9-3)41-28(21-37)38-24-35-29-30(32)33-23-34-31(29)38/h23-28H,7-22H2,1-6H3,(H2,32,33,34)/t25?,27-,28+,42?/m0/s1. The molecule has 0 spiro atoms. The molecule has 4 atom stereocenters. The predicted molar refractivity (Wildman–Crippen MR) is 173 cm³/mol. The zero-order chi connectivity index (χ0) is 30.5. The number of nitrogens with zero attached hydrogens (tertiary/aromatic N) is 6. The van der Waals surface area contributed by atoms with Crippen molar-refractivity contribution in [3.05, 3.63) is 12.7 Å². The van der Waals surface area contributed by atoms with Gasteiger partial charge in [-0.05, 0) is 33.4 Å². The number of hydrogen-bond acceptors (Lipinski definition) is 8. The predicted octanol–water partition coefficient (Wildman–Crippen LogP) is 7.27. The number of ether oxygens (including phenoxy) is 1. The lowest BCUT2D eigenvalue weighted by Gasteiger charge is -2.43. The van der Waals surface area contributed by atoms with Crippen molar-refractivity contribution in [1.82, 2.24) is 29.1 Å². The van der Waals surface area contributed by atoms with E-state index in [-0.39, 0.29) is 24.6 Å². The minimum Gasteiger partial charge on any atom is -0.382 e. The molecule has 0 radical (unpaired) electrons. The maximum Gasteiger partial charge on any atom is 0.274 e. The number of rotatable bonds is 20. The van der Waals surface area contributed by atoms with Gasteiger partial charge in [-0.1, -0.05) is 91.9 Å². The lowest BCUT2D eigenvalue weighted by atomic mass is 9.98. The molecule has 1 saturated heterocycles. The van der Waals surface area contributed by atoms with E-state index < -0.39 is 7.52 Å². The van der Waals surface area contributed by atoms with Gasteiger partial charge in [0.05, 0.1) is 19.0 Å². The first kappa shape index (κ1) is 34.9. The Bertz CT molecular complexity index is 1080. The van der Waals surface area contributed by atoms with E-state index >= 15 is 0 Å². The third-order valence-electron chi connectivity index (χ3n) is 8.82. The van der Waals surface area contributed by atoms with Crippen LogP contribution in [0.2, 0.25) is 0 Å². The molecule has 10 nitrogen and oxygen atoms in total. The van der Waals surface area contributed by atoms with E-state index in [0.29, 0.717) is 23.0 Å². The molecular formula is C31H58N7O3P. The molecule has 3 heterocycles. The lowest BCUT2D eigenvalue weighted by molar-refractivity contribution is -0.140. The molecule has 0 bridgehead atoms. The van der Waals surface area contributed by atoms with Crippen LogP contribution in [0.1, 0.15) is 117 Å². The van der Waals surface area contributed by atoms with E-state index in [1.807, 2.05) is 25.6 Å². The number of fused-ring (bicyclic) bond motifs is 1. The second-order valence-electron chi connectivity index (χ2n) is 12.3. The van der Waals surface area contributed by atoms with E-state index in [1.54, 1.807) is 11.0 Å². The highest BCUT2D eigenvalue weighted by Crippen LogP contribution is 2.54. The maximum absolute atomic E-state index is 13.9. The third kappa shape index (κ3) is 9.46. The Morgan fingerprint density at radius 2 is 1.64 bits per heavy atom. The number of imidazole rings is 1. The smallest absolute Gasteiger partial charge is 0.274 e. The van der Waals surface area contributed by atoms with Gasteiger partial charge in [0.15, 0.2) is 11.5 Å². The van der Waals surface area contributed by atoms with Gasteiger partial charge >= 0.3 is 0 Å². The van der Waals surface area contributed by atoms with E-state index in [9.17, 15) is 4.57 Å². The summed E-state index contributed by atoms with van der Waals surface area (Å²) in [5.41, 5.74) is 7.31. The number of nitrogen functional groups attached to an aromatic ring is 1. The quantitative estimate of drug-likeness (QED) is 0.123. The highest BCUT2D eigenvalue weighted by atomic mass is 31.2. The van der Waals surface area contributed by atoms with Crippen molar-refractivity contribution in [2.24, 2.45) is 0 Å². The van der Waals surface area contributed by atoms with Crippen molar-refractivity contribution in [1.29, 1.82) is 0 Å². The number of anilines is 1. The van der Waals surface area contributed by atoms with Crippen molar-refractivity contribution in [2.45, 2.75) is 135 Å². The molecule has 1 aliphatic heterocycles. The number of morpholine rings is 1. The van der Waals surface area contributed by atoms with Crippen LogP contribution in [0.5, 0.6) is 0 Å². The summed E-state index contributed by atoms with van der Waals surface area (Å²) >= 11 is 0. The third-order valence-corrected chi connectivity index (χ3v) is 11.9. The molecule has 0 aliphatic carbocycles. The first-order valence-electron chi connectivity index (χ1n) is 16.5. The zero-order valence-corrected chi connectivity index (χ0v) is 28.1. The van der Waals surface area contributed by atoms with Crippen LogP contribution in [-0.4, -0.2) is 80.7 Å². The first-order chi connectivity index (χ1) is 20.2. The van der Waals surface area contributed by atoms with Gasteiger partial charge in [0.1, 0.15) is 18.1 Å². The Labute approximate surface area is 254 Å². The fourth-order valence-corrected chi connectivity index (χ4v) is 8.12. The van der Waals surface area contributed by atoms with Gasteiger partial charge in [-0.3, -0.25) is 14.0 Å². The summed E-state index contributed by atoms with van der Waals surface area (Å²) in [6.07, 6.45) is 18.6. The molecule has 2 aromatic rings. The topological polar surface area (TPSA) is 112 Å². The molecule has 2 unspecified atom stereocenters. The summed E-state index contributed by atoms with van der Waals surface area (Å²) in [4.78, 5) is 15.7. The van der Waals surface area contributed by atoms with E-state index in [4.69, 9.17) is 15.0 Å². The molecule has 0 aromatic carbocycles. The van der Waals surface area contributed by atoms with E-state index in [0.717, 1.165) is 19.5 Å². The first-order valence-corrected chi connectivity index (χ1v) is 18.1.